The van der Waals surface area contributed by atoms with Gasteiger partial charge < -0.3 is 0 Å². The second-order valence-corrected chi connectivity index (χ2v) is 9.19. The normalized spacial score (nSPS) is 11.2. The lowest BCUT2D eigenvalue weighted by molar-refractivity contribution is 1.28. The number of aromatic nitrogens is 4. The Balaban J connectivity index is 1.20. The first-order valence-electron chi connectivity index (χ1n) is 12.6. The summed E-state index contributed by atoms with van der Waals surface area (Å²) in [5, 5.41) is 2.04. The Kier molecular flexibility index (Phi) is 5.41. The van der Waals surface area contributed by atoms with Gasteiger partial charge in [0.25, 0.3) is 0 Å². The fraction of sp³-hybridized carbons (Fsp3) is 0. The summed E-state index contributed by atoms with van der Waals surface area (Å²) >= 11 is 0. The summed E-state index contributed by atoms with van der Waals surface area (Å²) in [5.41, 5.74) is 9.34. The zero-order valence-electron chi connectivity index (χ0n) is 20.5. The van der Waals surface area contributed by atoms with E-state index in [1.165, 1.54) is 0 Å². The van der Waals surface area contributed by atoms with Crippen molar-refractivity contribution < 1.29 is 0 Å². The second kappa shape index (κ2) is 9.34. The van der Waals surface area contributed by atoms with Crippen LogP contribution in [0.1, 0.15) is 0 Å². The molecule has 4 aromatic heterocycles. The molecule has 0 saturated carbocycles. The minimum atomic E-state index is 0.740. The fourth-order valence-corrected chi connectivity index (χ4v) is 4.67. The van der Waals surface area contributed by atoms with Crippen molar-refractivity contribution in [1.82, 2.24) is 19.9 Å². The third-order valence-electron chi connectivity index (χ3n) is 6.72. The topological polar surface area (TPSA) is 51.6 Å². The number of rotatable bonds is 4. The summed E-state index contributed by atoms with van der Waals surface area (Å²) in [6, 6.07) is 45.2. The summed E-state index contributed by atoms with van der Waals surface area (Å²) in [6.45, 7) is 0. The van der Waals surface area contributed by atoms with E-state index in [0.29, 0.717) is 0 Å². The van der Waals surface area contributed by atoms with Gasteiger partial charge in [0, 0.05) is 33.0 Å². The van der Waals surface area contributed by atoms with Crippen molar-refractivity contribution in [3.8, 4) is 45.0 Å². The maximum absolute atomic E-state index is 4.88. The molecule has 4 nitrogen and oxygen atoms in total. The molecule has 0 radical (unpaired) electrons. The summed E-state index contributed by atoms with van der Waals surface area (Å²) in [4.78, 5) is 19.4. The van der Waals surface area contributed by atoms with Gasteiger partial charge in [0.2, 0.25) is 0 Å². The second-order valence-electron chi connectivity index (χ2n) is 9.19. The van der Waals surface area contributed by atoms with E-state index < -0.39 is 0 Å². The summed E-state index contributed by atoms with van der Waals surface area (Å²) in [6.07, 6.45) is 0. The Labute approximate surface area is 220 Å². The number of hydrogen-bond donors (Lipinski definition) is 0. The smallest absolute Gasteiger partial charge is 0.160 e. The van der Waals surface area contributed by atoms with Crippen LogP contribution in [-0.2, 0) is 0 Å². The highest BCUT2D eigenvalue weighted by Gasteiger charge is 2.08. The molecule has 3 aromatic carbocycles. The van der Waals surface area contributed by atoms with E-state index in [9.17, 15) is 0 Å². The molecule has 7 aromatic rings. The molecule has 4 heterocycles. The Morgan fingerprint density at radius 3 is 0.868 bits per heavy atom. The standard InChI is InChI=1S/C34H22N4/c1-3-7-23(8-4-1)29-19-15-27-17-21-31(37-33(27)35-29)25-11-13-26(14-12-25)32-22-18-28-16-20-30(36-34(28)38-32)24-9-5-2-6-10-24/h1-22H. The quantitative estimate of drug-likeness (QED) is 0.251. The van der Waals surface area contributed by atoms with Crippen LogP contribution in [0.4, 0.5) is 0 Å². The third kappa shape index (κ3) is 4.18. The molecule has 0 aliphatic heterocycles. The minimum absolute atomic E-state index is 0.740. The number of hydrogen-bond acceptors (Lipinski definition) is 4. The predicted octanol–water partition coefficient (Wildman–Crippen LogP) is 8.24. The van der Waals surface area contributed by atoms with E-state index in [4.69, 9.17) is 19.9 Å². The molecular weight excluding hydrogens is 464 g/mol. The predicted molar refractivity (Wildman–Crippen MR) is 154 cm³/mol. The minimum Gasteiger partial charge on any atom is -0.228 e. The van der Waals surface area contributed by atoms with E-state index in [2.05, 4.69) is 72.8 Å². The molecule has 0 N–H and O–H groups in total. The molecule has 38 heavy (non-hydrogen) atoms. The maximum Gasteiger partial charge on any atom is 0.160 e. The van der Waals surface area contributed by atoms with Crippen molar-refractivity contribution >= 4 is 22.1 Å². The molecular formula is C34H22N4. The van der Waals surface area contributed by atoms with Crippen molar-refractivity contribution in [2.75, 3.05) is 0 Å². The average molecular weight is 487 g/mol. The molecule has 0 atom stereocenters. The summed E-state index contributed by atoms with van der Waals surface area (Å²) < 4.78 is 0. The molecule has 0 aliphatic rings. The number of pyridine rings is 4. The average Bonchev–Trinajstić information content (AvgIpc) is 3.01. The van der Waals surface area contributed by atoms with Crippen LogP contribution in [-0.4, -0.2) is 19.9 Å². The molecule has 0 saturated heterocycles. The molecule has 0 unspecified atom stereocenters. The lowest BCUT2D eigenvalue weighted by Gasteiger charge is -2.08. The first kappa shape index (κ1) is 22.0. The summed E-state index contributed by atoms with van der Waals surface area (Å²) in [7, 11) is 0. The molecule has 7 rings (SSSR count). The molecule has 4 heteroatoms. The van der Waals surface area contributed by atoms with Crippen LogP contribution in [0.25, 0.3) is 67.1 Å². The highest BCUT2D eigenvalue weighted by molar-refractivity contribution is 5.83. The maximum atomic E-state index is 4.88. The van der Waals surface area contributed by atoms with Crippen molar-refractivity contribution in [3.63, 3.8) is 0 Å². The number of nitrogens with zero attached hydrogens (tertiary/aromatic N) is 4. The van der Waals surface area contributed by atoms with E-state index in [-0.39, 0.29) is 0 Å². The lowest BCUT2D eigenvalue weighted by Crippen LogP contribution is -1.92. The van der Waals surface area contributed by atoms with Crippen LogP contribution in [0.15, 0.2) is 133 Å². The van der Waals surface area contributed by atoms with Gasteiger partial charge in [-0.05, 0) is 48.5 Å². The van der Waals surface area contributed by atoms with Crippen molar-refractivity contribution in [1.29, 1.82) is 0 Å². The summed E-state index contributed by atoms with van der Waals surface area (Å²) in [5.74, 6) is 0. The van der Waals surface area contributed by atoms with Gasteiger partial charge in [-0.25, -0.2) is 19.9 Å². The van der Waals surface area contributed by atoms with Gasteiger partial charge in [0.05, 0.1) is 22.8 Å². The molecule has 0 bridgehead atoms. The van der Waals surface area contributed by atoms with Crippen molar-refractivity contribution in [2.24, 2.45) is 0 Å². The highest BCUT2D eigenvalue weighted by Crippen LogP contribution is 2.27. The molecule has 178 valence electrons. The molecule has 0 spiro atoms. The van der Waals surface area contributed by atoms with Crippen molar-refractivity contribution in [2.45, 2.75) is 0 Å². The highest BCUT2D eigenvalue weighted by atomic mass is 14.9. The largest absolute Gasteiger partial charge is 0.228 e. The third-order valence-corrected chi connectivity index (χ3v) is 6.72. The van der Waals surface area contributed by atoms with Gasteiger partial charge in [0.15, 0.2) is 11.3 Å². The monoisotopic (exact) mass is 486 g/mol. The van der Waals surface area contributed by atoms with Crippen LogP contribution in [0.5, 0.6) is 0 Å². The first-order chi connectivity index (χ1) is 18.8. The Hall–Kier alpha value is -5.22. The van der Waals surface area contributed by atoms with Gasteiger partial charge in [-0.1, -0.05) is 84.9 Å². The van der Waals surface area contributed by atoms with E-state index in [1.54, 1.807) is 0 Å². The van der Waals surface area contributed by atoms with Crippen LogP contribution in [0.3, 0.4) is 0 Å². The van der Waals surface area contributed by atoms with Gasteiger partial charge >= 0.3 is 0 Å². The van der Waals surface area contributed by atoms with Crippen LogP contribution in [0.2, 0.25) is 0 Å². The first-order valence-corrected chi connectivity index (χ1v) is 12.6. The SMILES string of the molecule is c1ccc(-c2ccc3ccc(-c4ccc(-c5ccc6ccc(-c7ccccc7)nc6n5)cc4)nc3n2)cc1. The zero-order chi connectivity index (χ0) is 25.3. The van der Waals surface area contributed by atoms with E-state index >= 15 is 0 Å². The Bertz CT molecular complexity index is 1760. The van der Waals surface area contributed by atoms with Crippen LogP contribution >= 0.6 is 0 Å². The zero-order valence-corrected chi connectivity index (χ0v) is 20.5. The van der Waals surface area contributed by atoms with Gasteiger partial charge in [0.1, 0.15) is 0 Å². The fourth-order valence-electron chi connectivity index (χ4n) is 4.67. The Morgan fingerprint density at radius 1 is 0.263 bits per heavy atom. The number of fused-ring (bicyclic) bond motifs is 2. The molecule has 0 fully saturated rings. The van der Waals surface area contributed by atoms with Crippen LogP contribution in [0, 0.1) is 0 Å². The molecule has 0 aliphatic carbocycles. The van der Waals surface area contributed by atoms with E-state index in [0.717, 1.165) is 67.1 Å². The van der Waals surface area contributed by atoms with E-state index in [1.807, 2.05) is 60.7 Å². The van der Waals surface area contributed by atoms with Crippen molar-refractivity contribution in [3.05, 3.63) is 133 Å². The van der Waals surface area contributed by atoms with Gasteiger partial charge in [-0.15, -0.1) is 0 Å². The number of benzene rings is 3. The molecule has 0 amide bonds. The van der Waals surface area contributed by atoms with Crippen LogP contribution < -0.4 is 0 Å². The van der Waals surface area contributed by atoms with Gasteiger partial charge in [-0.3, -0.25) is 0 Å². The lowest BCUT2D eigenvalue weighted by atomic mass is 10.0. The Morgan fingerprint density at radius 2 is 0.553 bits per heavy atom. The van der Waals surface area contributed by atoms with Gasteiger partial charge in [-0.2, -0.15) is 0 Å².